The third-order valence-electron chi connectivity index (χ3n) is 3.53. The Hall–Kier alpha value is -1.35. The maximum atomic E-state index is 5.43. The van der Waals surface area contributed by atoms with E-state index >= 15 is 0 Å². The van der Waals surface area contributed by atoms with Crippen molar-refractivity contribution in [3.63, 3.8) is 0 Å². The van der Waals surface area contributed by atoms with E-state index in [9.17, 15) is 0 Å². The molecule has 1 heterocycles. The highest BCUT2D eigenvalue weighted by molar-refractivity contribution is 14.0. The second-order valence-corrected chi connectivity index (χ2v) is 6.62. The summed E-state index contributed by atoms with van der Waals surface area (Å²) in [5, 5.41) is 7.74. The standard InChI is InChI=1S/C17H24N4OS.HI/c1-11-6-7-14(15(8-11)22-5)9-19-17(18-4)20-10-16-12(2)21-13(3)23-16;/h6-8H,9-10H2,1-5H3,(H2,18,19,20);1H. The van der Waals surface area contributed by atoms with Crippen LogP contribution in [0.2, 0.25) is 0 Å². The predicted octanol–water partition coefficient (Wildman–Crippen LogP) is 3.56. The molecule has 1 aromatic heterocycles. The van der Waals surface area contributed by atoms with Gasteiger partial charge in [0.05, 0.1) is 24.4 Å². The minimum absolute atomic E-state index is 0. The molecule has 2 rings (SSSR count). The van der Waals surface area contributed by atoms with E-state index in [4.69, 9.17) is 4.74 Å². The van der Waals surface area contributed by atoms with Gasteiger partial charge in [-0.25, -0.2) is 4.98 Å². The number of hydrogen-bond acceptors (Lipinski definition) is 4. The number of rotatable bonds is 5. The molecule has 1 aromatic carbocycles. The van der Waals surface area contributed by atoms with Crippen LogP contribution in [0.4, 0.5) is 0 Å². The second kappa shape index (κ2) is 9.83. The fourth-order valence-electron chi connectivity index (χ4n) is 2.30. The topological polar surface area (TPSA) is 58.5 Å². The highest BCUT2D eigenvalue weighted by Crippen LogP contribution is 2.19. The number of benzene rings is 1. The van der Waals surface area contributed by atoms with Gasteiger partial charge in [-0.1, -0.05) is 12.1 Å². The third-order valence-corrected chi connectivity index (χ3v) is 4.60. The van der Waals surface area contributed by atoms with E-state index in [0.29, 0.717) is 6.54 Å². The first-order valence-electron chi connectivity index (χ1n) is 7.54. The van der Waals surface area contributed by atoms with Crippen molar-refractivity contribution in [1.82, 2.24) is 15.6 Å². The molecule has 0 aliphatic carbocycles. The zero-order valence-electron chi connectivity index (χ0n) is 14.8. The maximum absolute atomic E-state index is 5.43. The lowest BCUT2D eigenvalue weighted by atomic mass is 10.1. The van der Waals surface area contributed by atoms with Crippen molar-refractivity contribution in [3.8, 4) is 5.75 Å². The van der Waals surface area contributed by atoms with Crippen LogP contribution >= 0.6 is 35.3 Å². The van der Waals surface area contributed by atoms with Crippen molar-refractivity contribution >= 4 is 41.3 Å². The fraction of sp³-hybridized carbons (Fsp3) is 0.412. The summed E-state index contributed by atoms with van der Waals surface area (Å²) in [5.74, 6) is 1.65. The molecule has 0 aliphatic heterocycles. The van der Waals surface area contributed by atoms with Crippen LogP contribution in [0.3, 0.4) is 0 Å². The second-order valence-electron chi connectivity index (χ2n) is 5.34. The molecule has 0 saturated heterocycles. The Morgan fingerprint density at radius 3 is 2.50 bits per heavy atom. The van der Waals surface area contributed by atoms with Crippen LogP contribution < -0.4 is 15.4 Å². The molecule has 24 heavy (non-hydrogen) atoms. The van der Waals surface area contributed by atoms with Crippen LogP contribution in [-0.4, -0.2) is 25.1 Å². The Morgan fingerprint density at radius 2 is 1.92 bits per heavy atom. The van der Waals surface area contributed by atoms with Crippen molar-refractivity contribution in [2.24, 2.45) is 4.99 Å². The molecule has 0 saturated carbocycles. The number of hydrogen-bond donors (Lipinski definition) is 2. The van der Waals surface area contributed by atoms with E-state index in [-0.39, 0.29) is 24.0 Å². The predicted molar refractivity (Wildman–Crippen MR) is 112 cm³/mol. The number of aryl methyl sites for hydroxylation is 3. The van der Waals surface area contributed by atoms with Crippen molar-refractivity contribution in [2.75, 3.05) is 14.2 Å². The molecule has 0 unspecified atom stereocenters. The quantitative estimate of drug-likeness (QED) is 0.407. The number of nitrogens with zero attached hydrogens (tertiary/aromatic N) is 2. The van der Waals surface area contributed by atoms with Gasteiger partial charge >= 0.3 is 0 Å². The van der Waals surface area contributed by atoms with Crippen molar-refractivity contribution in [1.29, 1.82) is 0 Å². The van der Waals surface area contributed by atoms with Gasteiger partial charge in [-0.15, -0.1) is 35.3 Å². The normalized spacial score (nSPS) is 11.0. The maximum Gasteiger partial charge on any atom is 0.191 e. The summed E-state index contributed by atoms with van der Waals surface area (Å²) in [6.45, 7) is 7.50. The summed E-state index contributed by atoms with van der Waals surface area (Å²) in [6.07, 6.45) is 0. The number of guanidine groups is 1. The molecule has 2 N–H and O–H groups in total. The van der Waals surface area contributed by atoms with E-state index in [1.807, 2.05) is 19.9 Å². The molecule has 0 amide bonds. The number of nitrogens with one attached hydrogen (secondary N) is 2. The van der Waals surface area contributed by atoms with Gasteiger partial charge in [0.25, 0.3) is 0 Å². The molecule has 132 valence electrons. The number of methoxy groups -OCH3 is 1. The van der Waals surface area contributed by atoms with E-state index in [0.717, 1.165) is 34.5 Å². The Balaban J connectivity index is 0.00000288. The van der Waals surface area contributed by atoms with Gasteiger partial charge < -0.3 is 15.4 Å². The minimum Gasteiger partial charge on any atom is -0.496 e. The average Bonchev–Trinajstić information content (AvgIpc) is 2.86. The van der Waals surface area contributed by atoms with E-state index in [1.165, 1.54) is 10.4 Å². The van der Waals surface area contributed by atoms with Crippen LogP contribution in [0.15, 0.2) is 23.2 Å². The number of aliphatic imine (C=N–C) groups is 1. The first-order valence-corrected chi connectivity index (χ1v) is 8.36. The number of aromatic nitrogens is 1. The third kappa shape index (κ3) is 5.62. The molecule has 0 bridgehead atoms. The molecule has 0 aliphatic rings. The monoisotopic (exact) mass is 460 g/mol. The Morgan fingerprint density at radius 1 is 1.21 bits per heavy atom. The molecule has 0 fully saturated rings. The molecule has 2 aromatic rings. The summed E-state index contributed by atoms with van der Waals surface area (Å²) in [5.41, 5.74) is 3.37. The van der Waals surface area contributed by atoms with Gasteiger partial charge in [0.1, 0.15) is 5.75 Å². The molecule has 0 radical (unpaired) electrons. The van der Waals surface area contributed by atoms with Gasteiger partial charge in [-0.2, -0.15) is 0 Å². The zero-order valence-corrected chi connectivity index (χ0v) is 17.9. The van der Waals surface area contributed by atoms with Crippen LogP contribution in [0.1, 0.15) is 26.7 Å². The Kier molecular flexibility index (Phi) is 8.47. The summed E-state index contributed by atoms with van der Waals surface area (Å²) in [4.78, 5) is 9.94. The van der Waals surface area contributed by atoms with Crippen molar-refractivity contribution < 1.29 is 4.74 Å². The van der Waals surface area contributed by atoms with Gasteiger partial charge in [-0.3, -0.25) is 4.99 Å². The Bertz CT molecular complexity index is 700. The van der Waals surface area contributed by atoms with Gasteiger partial charge in [0, 0.05) is 24.0 Å². The molecular weight excluding hydrogens is 435 g/mol. The molecule has 7 heteroatoms. The van der Waals surface area contributed by atoms with E-state index in [2.05, 4.69) is 39.7 Å². The summed E-state index contributed by atoms with van der Waals surface area (Å²) in [6, 6.07) is 6.20. The number of halogens is 1. The van der Waals surface area contributed by atoms with Crippen LogP contribution in [-0.2, 0) is 13.1 Å². The first-order chi connectivity index (χ1) is 11.0. The lowest BCUT2D eigenvalue weighted by molar-refractivity contribution is 0.408. The summed E-state index contributed by atoms with van der Waals surface area (Å²) < 4.78 is 5.43. The number of ether oxygens (including phenoxy) is 1. The SMILES string of the molecule is CN=C(NCc1ccc(C)cc1OC)NCc1sc(C)nc1C.I. The zero-order chi connectivity index (χ0) is 16.8. The van der Waals surface area contributed by atoms with Gasteiger partial charge in [0.15, 0.2) is 5.96 Å². The largest absolute Gasteiger partial charge is 0.496 e. The molecule has 5 nitrogen and oxygen atoms in total. The summed E-state index contributed by atoms with van der Waals surface area (Å²) >= 11 is 1.71. The van der Waals surface area contributed by atoms with Crippen molar-refractivity contribution in [2.45, 2.75) is 33.9 Å². The van der Waals surface area contributed by atoms with E-state index in [1.54, 1.807) is 25.5 Å². The smallest absolute Gasteiger partial charge is 0.191 e. The number of thiazole rings is 1. The molecular formula is C17H25IN4OS. The van der Waals surface area contributed by atoms with Crippen molar-refractivity contribution in [3.05, 3.63) is 44.9 Å². The lowest BCUT2D eigenvalue weighted by Gasteiger charge is -2.14. The highest BCUT2D eigenvalue weighted by Gasteiger charge is 2.07. The fourth-order valence-corrected chi connectivity index (χ4v) is 3.18. The van der Waals surface area contributed by atoms with Crippen LogP contribution in [0.5, 0.6) is 5.75 Å². The van der Waals surface area contributed by atoms with Crippen LogP contribution in [0, 0.1) is 20.8 Å². The van der Waals surface area contributed by atoms with Gasteiger partial charge in [-0.05, 0) is 32.4 Å². The highest BCUT2D eigenvalue weighted by atomic mass is 127. The van der Waals surface area contributed by atoms with Gasteiger partial charge in [0.2, 0.25) is 0 Å². The Labute approximate surface area is 165 Å². The first kappa shape index (κ1) is 20.7. The lowest BCUT2D eigenvalue weighted by Crippen LogP contribution is -2.36. The summed E-state index contributed by atoms with van der Waals surface area (Å²) in [7, 11) is 3.47. The van der Waals surface area contributed by atoms with Crippen LogP contribution in [0.25, 0.3) is 0 Å². The molecule has 0 atom stereocenters. The minimum atomic E-state index is 0. The average molecular weight is 460 g/mol. The van der Waals surface area contributed by atoms with E-state index < -0.39 is 0 Å². The molecule has 0 spiro atoms.